The van der Waals surface area contributed by atoms with Crippen molar-refractivity contribution >= 4 is 5.97 Å². The molecule has 0 amide bonds. The predicted molar refractivity (Wildman–Crippen MR) is 73.2 cm³/mol. The number of hydrogen-bond acceptors (Lipinski definition) is 4. The molecule has 3 atom stereocenters. The third kappa shape index (κ3) is 4.16. The number of ether oxygens (including phenoxy) is 2. The Morgan fingerprint density at radius 3 is 2.63 bits per heavy atom. The van der Waals surface area contributed by atoms with Gasteiger partial charge in [0.2, 0.25) is 0 Å². The van der Waals surface area contributed by atoms with Crippen LogP contribution in [0.15, 0.2) is 0 Å². The van der Waals surface area contributed by atoms with Crippen molar-refractivity contribution in [2.75, 3.05) is 33.5 Å². The first-order valence-electron chi connectivity index (χ1n) is 7.08. The minimum absolute atomic E-state index is 0.0417. The van der Waals surface area contributed by atoms with Crippen LogP contribution in [0, 0.1) is 11.8 Å². The lowest BCUT2D eigenvalue weighted by Crippen LogP contribution is -2.52. The summed E-state index contributed by atoms with van der Waals surface area (Å²) in [6.07, 6.45) is 0.996. The normalized spacial score (nSPS) is 25.2. The van der Waals surface area contributed by atoms with E-state index >= 15 is 0 Å². The monoisotopic (exact) mass is 273 g/mol. The number of rotatable bonds is 8. The zero-order valence-electron chi connectivity index (χ0n) is 12.5. The Bertz CT molecular complexity index is 283. The number of hydrogen-bond donors (Lipinski definition) is 1. The van der Waals surface area contributed by atoms with Crippen molar-refractivity contribution in [1.82, 2.24) is 4.90 Å². The van der Waals surface area contributed by atoms with E-state index in [0.717, 1.165) is 13.0 Å². The molecule has 5 nitrogen and oxygen atoms in total. The number of methoxy groups -OCH3 is 1. The first kappa shape index (κ1) is 16.4. The summed E-state index contributed by atoms with van der Waals surface area (Å²) in [6, 6.07) is 0.193. The highest BCUT2D eigenvalue weighted by Gasteiger charge is 2.40. The van der Waals surface area contributed by atoms with Gasteiger partial charge in [-0.1, -0.05) is 20.8 Å². The Morgan fingerprint density at radius 2 is 2.16 bits per heavy atom. The molecule has 0 saturated carbocycles. The van der Waals surface area contributed by atoms with Crippen molar-refractivity contribution in [2.45, 2.75) is 39.3 Å². The zero-order chi connectivity index (χ0) is 14.4. The van der Waals surface area contributed by atoms with Crippen LogP contribution in [0.3, 0.4) is 0 Å². The van der Waals surface area contributed by atoms with Gasteiger partial charge in [-0.05, 0) is 18.9 Å². The second kappa shape index (κ2) is 7.82. The predicted octanol–water partition coefficient (Wildman–Crippen LogP) is 1.47. The van der Waals surface area contributed by atoms with Crippen LogP contribution in [0.2, 0.25) is 0 Å². The standard InChI is InChI=1S/C14H27NO4/c1-5-6-15(12(8-18-4)10(2)3)13-9-19-7-11(13)14(16)17/h10-13H,5-9H2,1-4H3,(H,16,17). The van der Waals surface area contributed by atoms with Crippen molar-refractivity contribution in [3.63, 3.8) is 0 Å². The van der Waals surface area contributed by atoms with Gasteiger partial charge < -0.3 is 14.6 Å². The van der Waals surface area contributed by atoms with Gasteiger partial charge in [-0.25, -0.2) is 0 Å². The van der Waals surface area contributed by atoms with Gasteiger partial charge in [-0.3, -0.25) is 9.69 Å². The highest BCUT2D eigenvalue weighted by molar-refractivity contribution is 5.71. The fraction of sp³-hybridized carbons (Fsp3) is 0.929. The Kier molecular flexibility index (Phi) is 6.75. The number of nitrogens with zero attached hydrogens (tertiary/aromatic N) is 1. The molecule has 0 bridgehead atoms. The first-order valence-corrected chi connectivity index (χ1v) is 7.08. The van der Waals surface area contributed by atoms with E-state index in [9.17, 15) is 9.90 Å². The Hall–Kier alpha value is -0.650. The summed E-state index contributed by atoms with van der Waals surface area (Å²) in [5, 5.41) is 9.31. The summed E-state index contributed by atoms with van der Waals surface area (Å²) >= 11 is 0. The van der Waals surface area contributed by atoms with E-state index in [-0.39, 0.29) is 12.1 Å². The maximum atomic E-state index is 11.3. The van der Waals surface area contributed by atoms with Gasteiger partial charge in [0.05, 0.1) is 25.7 Å². The van der Waals surface area contributed by atoms with E-state index in [1.807, 2.05) is 0 Å². The highest BCUT2D eigenvalue weighted by atomic mass is 16.5. The lowest BCUT2D eigenvalue weighted by molar-refractivity contribution is -0.143. The molecular formula is C14H27NO4. The van der Waals surface area contributed by atoms with Gasteiger partial charge >= 0.3 is 5.97 Å². The van der Waals surface area contributed by atoms with Crippen LogP contribution in [0.1, 0.15) is 27.2 Å². The van der Waals surface area contributed by atoms with Gasteiger partial charge in [0.25, 0.3) is 0 Å². The van der Waals surface area contributed by atoms with Gasteiger partial charge in [0, 0.05) is 19.2 Å². The highest BCUT2D eigenvalue weighted by Crippen LogP contribution is 2.25. The van der Waals surface area contributed by atoms with Crippen LogP contribution in [0.5, 0.6) is 0 Å². The van der Waals surface area contributed by atoms with Crippen molar-refractivity contribution < 1.29 is 19.4 Å². The summed E-state index contributed by atoms with van der Waals surface area (Å²) in [7, 11) is 1.69. The molecule has 0 radical (unpaired) electrons. The number of carboxylic acids is 1. The summed E-state index contributed by atoms with van der Waals surface area (Å²) in [6.45, 7) is 8.74. The zero-order valence-corrected chi connectivity index (χ0v) is 12.5. The Balaban J connectivity index is 2.87. The second-order valence-corrected chi connectivity index (χ2v) is 5.55. The summed E-state index contributed by atoms with van der Waals surface area (Å²) in [5.74, 6) is -0.769. The van der Waals surface area contributed by atoms with Gasteiger partial charge in [-0.2, -0.15) is 0 Å². The van der Waals surface area contributed by atoms with Crippen LogP contribution in [0.25, 0.3) is 0 Å². The van der Waals surface area contributed by atoms with Crippen LogP contribution >= 0.6 is 0 Å². The summed E-state index contributed by atoms with van der Waals surface area (Å²) in [4.78, 5) is 13.6. The van der Waals surface area contributed by atoms with Crippen molar-refractivity contribution in [3.8, 4) is 0 Å². The van der Waals surface area contributed by atoms with Crippen LogP contribution < -0.4 is 0 Å². The lowest BCUT2D eigenvalue weighted by Gasteiger charge is -2.39. The topological polar surface area (TPSA) is 59.0 Å². The van der Waals surface area contributed by atoms with E-state index in [2.05, 4.69) is 25.7 Å². The lowest BCUT2D eigenvalue weighted by atomic mass is 9.95. The van der Waals surface area contributed by atoms with Crippen LogP contribution in [-0.4, -0.2) is 61.5 Å². The smallest absolute Gasteiger partial charge is 0.310 e. The molecule has 0 aromatic heterocycles. The van der Waals surface area contributed by atoms with Crippen molar-refractivity contribution in [3.05, 3.63) is 0 Å². The molecule has 0 aromatic rings. The number of aliphatic carboxylic acids is 1. The fourth-order valence-corrected chi connectivity index (χ4v) is 2.78. The molecular weight excluding hydrogens is 246 g/mol. The maximum Gasteiger partial charge on any atom is 0.310 e. The van der Waals surface area contributed by atoms with E-state index in [1.165, 1.54) is 0 Å². The molecule has 0 aliphatic carbocycles. The Morgan fingerprint density at radius 1 is 1.47 bits per heavy atom. The number of carboxylic acid groups (broad SMARTS) is 1. The summed E-state index contributed by atoms with van der Waals surface area (Å²) in [5.41, 5.74) is 0. The molecule has 5 heteroatoms. The van der Waals surface area contributed by atoms with Gasteiger partial charge in [0.15, 0.2) is 0 Å². The molecule has 0 spiro atoms. The first-order chi connectivity index (χ1) is 9.02. The van der Waals surface area contributed by atoms with Crippen LogP contribution in [-0.2, 0) is 14.3 Å². The van der Waals surface area contributed by atoms with Crippen molar-refractivity contribution in [1.29, 1.82) is 0 Å². The quantitative estimate of drug-likeness (QED) is 0.725. The summed E-state index contributed by atoms with van der Waals surface area (Å²) < 4.78 is 10.7. The molecule has 1 N–H and O–H groups in total. The maximum absolute atomic E-state index is 11.3. The average Bonchev–Trinajstić information content (AvgIpc) is 2.82. The van der Waals surface area contributed by atoms with Gasteiger partial charge in [-0.15, -0.1) is 0 Å². The largest absolute Gasteiger partial charge is 0.481 e. The van der Waals surface area contributed by atoms with Gasteiger partial charge in [0.1, 0.15) is 0 Å². The molecule has 0 aromatic carbocycles. The molecule has 1 aliphatic rings. The molecule has 1 fully saturated rings. The minimum atomic E-state index is -0.761. The molecule has 1 saturated heterocycles. The van der Waals surface area contributed by atoms with E-state index in [4.69, 9.17) is 9.47 Å². The SMILES string of the molecule is CCCN(C(COC)C(C)C)C1COCC1C(=O)O. The van der Waals surface area contributed by atoms with Crippen LogP contribution in [0.4, 0.5) is 0 Å². The third-order valence-electron chi connectivity index (χ3n) is 3.81. The third-order valence-corrected chi connectivity index (χ3v) is 3.81. The number of carbonyl (C=O) groups is 1. The molecule has 1 rings (SSSR count). The molecule has 112 valence electrons. The molecule has 1 aliphatic heterocycles. The molecule has 3 unspecified atom stereocenters. The molecule has 1 heterocycles. The minimum Gasteiger partial charge on any atom is -0.481 e. The van der Waals surface area contributed by atoms with Crippen molar-refractivity contribution in [2.24, 2.45) is 11.8 Å². The van der Waals surface area contributed by atoms with E-state index < -0.39 is 11.9 Å². The van der Waals surface area contributed by atoms with E-state index in [1.54, 1.807) is 7.11 Å². The fourth-order valence-electron chi connectivity index (χ4n) is 2.78. The second-order valence-electron chi connectivity index (χ2n) is 5.55. The Labute approximate surface area is 115 Å². The average molecular weight is 273 g/mol. The molecule has 19 heavy (non-hydrogen) atoms. The van der Waals surface area contributed by atoms with E-state index in [0.29, 0.717) is 25.7 Å².